The number of rotatable bonds is 8. The molecule has 0 bridgehead atoms. The van der Waals surface area contributed by atoms with Crippen molar-refractivity contribution >= 4 is 29.3 Å². The summed E-state index contributed by atoms with van der Waals surface area (Å²) in [6.45, 7) is 6.35. The van der Waals surface area contributed by atoms with Gasteiger partial charge in [-0.3, -0.25) is 13.3 Å². The fraction of sp³-hybridized carbons (Fsp3) is 0.538. The summed E-state index contributed by atoms with van der Waals surface area (Å²) in [7, 11) is -8.67. The lowest BCUT2D eigenvalue weighted by molar-refractivity contribution is -0.157. The van der Waals surface area contributed by atoms with Crippen LogP contribution in [0.4, 0.5) is 0 Å². The number of hydrogen-bond acceptors (Lipinski definition) is 6. The zero-order chi connectivity index (χ0) is 17.9. The molecule has 1 N–H and O–H groups in total. The molecule has 132 valence electrons. The first kappa shape index (κ1) is 20.6. The van der Waals surface area contributed by atoms with Crippen molar-refractivity contribution < 1.29 is 31.3 Å². The Bertz CT molecular complexity index is 682. The summed E-state index contributed by atoms with van der Waals surface area (Å²) in [4.78, 5) is 9.51. The first-order valence-corrected chi connectivity index (χ1v) is 10.3. The zero-order valence-corrected chi connectivity index (χ0v) is 15.7. The molecule has 23 heavy (non-hydrogen) atoms. The van der Waals surface area contributed by atoms with E-state index in [-0.39, 0.29) is 16.5 Å². The van der Waals surface area contributed by atoms with Gasteiger partial charge in [0.15, 0.2) is 12.1 Å². The van der Waals surface area contributed by atoms with Gasteiger partial charge >= 0.3 is 7.60 Å². The fourth-order valence-electron chi connectivity index (χ4n) is 1.87. The Morgan fingerprint density at radius 1 is 1.35 bits per heavy atom. The highest BCUT2D eigenvalue weighted by Gasteiger charge is 2.34. The summed E-state index contributed by atoms with van der Waals surface area (Å²) < 4.78 is 51.1. The summed E-state index contributed by atoms with van der Waals surface area (Å²) in [5.41, 5.74) is 0.362. The Morgan fingerprint density at radius 2 is 1.96 bits per heavy atom. The number of halogens is 1. The second-order valence-corrected chi connectivity index (χ2v) is 8.82. The molecule has 0 aliphatic heterocycles. The van der Waals surface area contributed by atoms with Gasteiger partial charge in [0, 0.05) is 6.61 Å². The van der Waals surface area contributed by atoms with Crippen molar-refractivity contribution in [1.29, 1.82) is 0 Å². The predicted molar refractivity (Wildman–Crippen MR) is 85.9 cm³/mol. The van der Waals surface area contributed by atoms with Crippen molar-refractivity contribution in [3.05, 3.63) is 28.8 Å². The van der Waals surface area contributed by atoms with E-state index in [0.29, 0.717) is 5.56 Å². The minimum absolute atomic E-state index is 0.0339. The predicted octanol–water partition coefficient (Wildman–Crippen LogP) is 3.29. The van der Waals surface area contributed by atoms with E-state index in [1.165, 1.54) is 32.9 Å². The van der Waals surface area contributed by atoms with Gasteiger partial charge in [0.05, 0.1) is 5.02 Å². The van der Waals surface area contributed by atoms with E-state index in [2.05, 4.69) is 4.18 Å². The number of hydrogen-bond donors (Lipinski definition) is 1. The number of ether oxygens (including phenoxy) is 1. The van der Waals surface area contributed by atoms with Crippen LogP contribution in [0.3, 0.4) is 0 Å². The Kier molecular flexibility index (Phi) is 6.81. The van der Waals surface area contributed by atoms with Crippen molar-refractivity contribution in [3.8, 4) is 0 Å². The zero-order valence-electron chi connectivity index (χ0n) is 13.3. The molecule has 0 saturated carbocycles. The maximum Gasteiger partial charge on any atom is 0.357 e. The smallest absolute Gasteiger partial charge is 0.350 e. The van der Waals surface area contributed by atoms with Crippen molar-refractivity contribution in [2.75, 3.05) is 13.0 Å². The third-order valence-electron chi connectivity index (χ3n) is 2.64. The molecule has 7 nitrogen and oxygen atoms in total. The molecule has 0 aromatic heterocycles. The van der Waals surface area contributed by atoms with E-state index in [9.17, 15) is 17.9 Å². The van der Waals surface area contributed by atoms with E-state index < -0.39 is 29.8 Å². The van der Waals surface area contributed by atoms with Crippen LogP contribution < -0.4 is 0 Å². The first-order valence-electron chi connectivity index (χ1n) is 6.71. The van der Waals surface area contributed by atoms with Gasteiger partial charge < -0.3 is 9.63 Å². The lowest BCUT2D eigenvalue weighted by Gasteiger charge is -2.27. The van der Waals surface area contributed by atoms with Gasteiger partial charge in [-0.1, -0.05) is 23.7 Å². The molecule has 0 amide bonds. The van der Waals surface area contributed by atoms with Crippen LogP contribution in [0.2, 0.25) is 5.02 Å². The molecule has 1 atom stereocenters. The van der Waals surface area contributed by atoms with E-state index in [4.69, 9.17) is 20.9 Å². The first-order chi connectivity index (χ1) is 10.4. The molecular weight excluding hydrogens is 367 g/mol. The normalized spacial score (nSPS) is 15.4. The van der Waals surface area contributed by atoms with Gasteiger partial charge in [0.1, 0.15) is 4.90 Å². The monoisotopic (exact) mass is 386 g/mol. The third kappa shape index (κ3) is 6.15. The van der Waals surface area contributed by atoms with E-state index in [0.717, 1.165) is 0 Å². The molecule has 0 aliphatic carbocycles. The summed E-state index contributed by atoms with van der Waals surface area (Å²) in [5.74, 6) is -1.35. The molecule has 1 rings (SSSR count). The van der Waals surface area contributed by atoms with Gasteiger partial charge in [-0.2, -0.15) is 8.42 Å². The maximum atomic E-state index is 12.2. The summed E-state index contributed by atoms with van der Waals surface area (Å²) in [5, 5.41) is -0.0339. The van der Waals surface area contributed by atoms with Crippen molar-refractivity contribution in [3.63, 3.8) is 0 Å². The highest BCUT2D eigenvalue weighted by Crippen LogP contribution is 2.47. The molecule has 10 heteroatoms. The molecule has 0 saturated heterocycles. The number of aryl methyl sites for hydroxylation is 1. The molecule has 0 fully saturated rings. The van der Waals surface area contributed by atoms with Gasteiger partial charge in [0.25, 0.3) is 10.1 Å². The summed E-state index contributed by atoms with van der Waals surface area (Å²) >= 11 is 5.87. The molecule has 1 unspecified atom stereocenters. The average molecular weight is 387 g/mol. The second kappa shape index (κ2) is 7.61. The summed E-state index contributed by atoms with van der Waals surface area (Å²) in [6, 6.07) is 4.51. The SMILES string of the molecule is CCOC(C)(C)OP(=O)(O)COS(=O)(=O)c1c(C)cccc1Cl. The second-order valence-electron chi connectivity index (χ2n) is 5.15. The van der Waals surface area contributed by atoms with Gasteiger partial charge in [-0.05, 0) is 39.3 Å². The van der Waals surface area contributed by atoms with E-state index in [1.54, 1.807) is 13.0 Å². The molecule has 1 aromatic rings. The van der Waals surface area contributed by atoms with Crippen LogP contribution in [0.1, 0.15) is 26.3 Å². The lowest BCUT2D eigenvalue weighted by Crippen LogP contribution is -2.28. The minimum Gasteiger partial charge on any atom is -0.350 e. The largest absolute Gasteiger partial charge is 0.357 e. The molecule has 0 heterocycles. The molecular formula is C13H20ClO7PS. The van der Waals surface area contributed by atoms with Gasteiger partial charge in [-0.25, -0.2) is 0 Å². The standard InChI is InChI=1S/C13H20ClO7PS/c1-5-19-13(3,4)21-22(15,16)9-20-23(17,18)12-10(2)7-6-8-11(12)14/h6-8H,5,9H2,1-4H3,(H,15,16). The Hall–Kier alpha value is -0.470. The summed E-state index contributed by atoms with van der Waals surface area (Å²) in [6.07, 6.45) is -1.05. The van der Waals surface area contributed by atoms with Crippen molar-refractivity contribution in [1.82, 2.24) is 0 Å². The molecule has 1 aromatic carbocycles. The van der Waals surface area contributed by atoms with Crippen LogP contribution in [-0.2, 0) is 28.1 Å². The topological polar surface area (TPSA) is 99.1 Å². The third-order valence-corrected chi connectivity index (χ3v) is 5.89. The lowest BCUT2D eigenvalue weighted by atomic mass is 10.2. The van der Waals surface area contributed by atoms with E-state index in [1.807, 2.05) is 0 Å². The Morgan fingerprint density at radius 3 is 2.48 bits per heavy atom. The van der Waals surface area contributed by atoms with Crippen LogP contribution in [0.5, 0.6) is 0 Å². The van der Waals surface area contributed by atoms with Crippen LogP contribution in [0.25, 0.3) is 0 Å². The van der Waals surface area contributed by atoms with Crippen LogP contribution in [0.15, 0.2) is 23.1 Å². The maximum absolute atomic E-state index is 12.2. The molecule has 0 radical (unpaired) electrons. The fourth-order valence-corrected chi connectivity index (χ4v) is 5.14. The Balaban J connectivity index is 2.90. The van der Waals surface area contributed by atoms with Crippen molar-refractivity contribution in [2.24, 2.45) is 0 Å². The quantitative estimate of drug-likeness (QED) is 0.415. The van der Waals surface area contributed by atoms with Crippen LogP contribution in [0, 0.1) is 6.92 Å². The highest BCUT2D eigenvalue weighted by molar-refractivity contribution is 7.87. The average Bonchev–Trinajstić information content (AvgIpc) is 2.34. The molecule has 0 aliphatic rings. The van der Waals surface area contributed by atoms with E-state index >= 15 is 0 Å². The van der Waals surface area contributed by atoms with Crippen molar-refractivity contribution in [2.45, 2.75) is 38.4 Å². The minimum atomic E-state index is -4.36. The Labute approximate surface area is 141 Å². The molecule has 0 spiro atoms. The van der Waals surface area contributed by atoms with Crippen LogP contribution >= 0.6 is 19.2 Å². The number of benzene rings is 1. The van der Waals surface area contributed by atoms with Gasteiger partial charge in [-0.15, -0.1) is 0 Å². The highest BCUT2D eigenvalue weighted by atomic mass is 35.5. The van der Waals surface area contributed by atoms with Crippen LogP contribution in [-0.4, -0.2) is 32.1 Å². The van der Waals surface area contributed by atoms with Gasteiger partial charge in [0.2, 0.25) is 0 Å².